The number of fused-ring (bicyclic) bond motifs is 7. The number of anilines is 8. The summed E-state index contributed by atoms with van der Waals surface area (Å²) in [4.78, 5) is 5.08. The molecule has 0 spiro atoms. The molecule has 0 amide bonds. The molecule has 1 aromatic heterocycles. The van der Waals surface area contributed by atoms with Crippen molar-refractivity contribution in [2.75, 3.05) is 15.1 Å². The normalized spacial score (nSPS) is 16.5. The first-order chi connectivity index (χ1) is 36.5. The second-order valence-corrected chi connectivity index (χ2v) is 25.7. The molecule has 2 aliphatic carbocycles. The molecule has 5 heteroatoms. The minimum absolute atomic E-state index is 0.0120. The molecule has 0 bridgehead atoms. The SMILES string of the molecule is Cc1cc2c(cc1N1c3cc(-c4ccccc4)ccc3[B]c3c(-c4cc5c(cc4Nc4ccc6c(c4)C(C)(C)CCC6(C)C)sc4ccccc45)cc(N(c4ccccc4)c4ccccc4)cc31)C(C)(C)CCC2(C)C. The van der Waals surface area contributed by atoms with Crippen molar-refractivity contribution in [3.63, 3.8) is 0 Å². The van der Waals surface area contributed by atoms with Crippen molar-refractivity contribution in [1.82, 2.24) is 0 Å². The van der Waals surface area contributed by atoms with E-state index < -0.39 is 0 Å². The second-order valence-electron chi connectivity index (χ2n) is 24.6. The highest BCUT2D eigenvalue weighted by atomic mass is 32.1. The van der Waals surface area contributed by atoms with Gasteiger partial charge in [0.15, 0.2) is 7.28 Å². The van der Waals surface area contributed by atoms with E-state index in [1.54, 1.807) is 0 Å². The Balaban J connectivity index is 1.13. The van der Waals surface area contributed by atoms with Gasteiger partial charge in [0.25, 0.3) is 0 Å². The van der Waals surface area contributed by atoms with Crippen LogP contribution in [-0.2, 0) is 21.7 Å². The molecular weight excluding hydrogens is 938 g/mol. The Hall–Kier alpha value is -7.34. The lowest BCUT2D eigenvalue weighted by Crippen LogP contribution is -2.41. The van der Waals surface area contributed by atoms with Gasteiger partial charge in [0.2, 0.25) is 0 Å². The fourth-order valence-electron chi connectivity index (χ4n) is 13.0. The molecule has 0 fully saturated rings. The molecule has 2 heterocycles. The Kier molecular flexibility index (Phi) is 11.4. The van der Waals surface area contributed by atoms with Crippen LogP contribution >= 0.6 is 11.3 Å². The van der Waals surface area contributed by atoms with Crippen LogP contribution in [0.2, 0.25) is 0 Å². The van der Waals surface area contributed by atoms with Crippen LogP contribution in [0.1, 0.15) is 109 Å². The number of hydrogen-bond acceptors (Lipinski definition) is 4. The van der Waals surface area contributed by atoms with Crippen LogP contribution in [0.3, 0.4) is 0 Å². The predicted octanol–water partition coefficient (Wildman–Crippen LogP) is 19.0. The molecule has 1 radical (unpaired) electrons. The Morgan fingerprint density at radius 3 is 1.71 bits per heavy atom. The lowest BCUT2D eigenvalue weighted by atomic mass is 9.57. The standard InChI is InChI=1S/C71H67BN3S/c1-45-37-57-59(71(8,9)36-35-69(57,4)5)43-62(45)75-63-38-47(46-21-13-10-14-22-46)29-32-60(63)72-67-55(40-51(41-64(67)75)74(49-23-15-11-16-24-49)50-25-17-12-18-26-50)53-42-54-52-27-19-20-28-65(52)76-66(54)44-61(53)73-48-30-31-56-58(39-48)70(6,7)34-33-68(56,2)3/h10-32,37-44,73H,33-36H2,1-9H3. The van der Waals surface area contributed by atoms with E-state index in [4.69, 9.17) is 0 Å². The third-order valence-electron chi connectivity index (χ3n) is 17.7. The first-order valence-corrected chi connectivity index (χ1v) is 28.3. The zero-order valence-electron chi connectivity index (χ0n) is 45.6. The number of rotatable bonds is 8. The second kappa shape index (κ2) is 17.9. The minimum Gasteiger partial charge on any atom is -0.355 e. The zero-order chi connectivity index (χ0) is 52.3. The summed E-state index contributed by atoms with van der Waals surface area (Å²) >= 11 is 1.88. The maximum atomic E-state index is 4.15. The molecule has 3 nitrogen and oxygen atoms in total. The molecule has 0 saturated carbocycles. The van der Waals surface area contributed by atoms with Gasteiger partial charge >= 0.3 is 0 Å². The van der Waals surface area contributed by atoms with Crippen molar-refractivity contribution in [3.05, 3.63) is 216 Å². The molecule has 9 aromatic carbocycles. The van der Waals surface area contributed by atoms with Crippen molar-refractivity contribution >= 4 is 95.2 Å². The molecular formula is C71H67BN3S. The van der Waals surface area contributed by atoms with Crippen LogP contribution in [0.25, 0.3) is 42.4 Å². The highest BCUT2D eigenvalue weighted by molar-refractivity contribution is 7.25. The first kappa shape index (κ1) is 48.3. The van der Waals surface area contributed by atoms with Gasteiger partial charge in [0.05, 0.1) is 0 Å². The maximum absolute atomic E-state index is 4.15. The van der Waals surface area contributed by atoms with Gasteiger partial charge < -0.3 is 15.1 Å². The molecule has 76 heavy (non-hydrogen) atoms. The number of aryl methyl sites for hydroxylation is 1. The number of thiophene rings is 1. The van der Waals surface area contributed by atoms with Crippen molar-refractivity contribution in [2.45, 2.75) is 110 Å². The molecule has 0 unspecified atom stereocenters. The van der Waals surface area contributed by atoms with Gasteiger partial charge in [-0.3, -0.25) is 0 Å². The summed E-state index contributed by atoms with van der Waals surface area (Å²) in [6.45, 7) is 21.8. The summed E-state index contributed by atoms with van der Waals surface area (Å²) in [5, 5.41) is 6.71. The third-order valence-corrected chi connectivity index (χ3v) is 18.8. The largest absolute Gasteiger partial charge is 0.355 e. The van der Waals surface area contributed by atoms with Crippen LogP contribution in [0.5, 0.6) is 0 Å². The average Bonchev–Trinajstić information content (AvgIpc) is 3.95. The van der Waals surface area contributed by atoms with Gasteiger partial charge in [0, 0.05) is 71.2 Å². The van der Waals surface area contributed by atoms with E-state index in [1.807, 2.05) is 11.3 Å². The quantitative estimate of drug-likeness (QED) is 0.153. The lowest BCUT2D eigenvalue weighted by molar-refractivity contribution is 0.332. The van der Waals surface area contributed by atoms with Gasteiger partial charge in [-0.2, -0.15) is 0 Å². The molecule has 1 N–H and O–H groups in total. The van der Waals surface area contributed by atoms with E-state index in [-0.39, 0.29) is 21.7 Å². The number of nitrogens with zero attached hydrogens (tertiary/aromatic N) is 2. The number of hydrogen-bond donors (Lipinski definition) is 1. The average molecular weight is 1010 g/mol. The van der Waals surface area contributed by atoms with Crippen LogP contribution in [0.4, 0.5) is 45.5 Å². The topological polar surface area (TPSA) is 18.5 Å². The molecule has 375 valence electrons. The fourth-order valence-corrected chi connectivity index (χ4v) is 14.1. The Bertz CT molecular complexity index is 3860. The van der Waals surface area contributed by atoms with E-state index in [0.29, 0.717) is 0 Å². The van der Waals surface area contributed by atoms with Gasteiger partial charge in [-0.1, -0.05) is 170 Å². The van der Waals surface area contributed by atoms with Gasteiger partial charge in [-0.05, 0) is 183 Å². The summed E-state index contributed by atoms with van der Waals surface area (Å²) < 4.78 is 2.56. The molecule has 0 atom stereocenters. The summed E-state index contributed by atoms with van der Waals surface area (Å²) in [7, 11) is 2.48. The molecule has 3 aliphatic rings. The number of para-hydroxylation sites is 2. The summed E-state index contributed by atoms with van der Waals surface area (Å²) in [6.07, 6.45) is 4.65. The molecule has 1 aliphatic heterocycles. The van der Waals surface area contributed by atoms with Crippen molar-refractivity contribution < 1.29 is 0 Å². The highest BCUT2D eigenvalue weighted by Crippen LogP contribution is 2.53. The number of nitrogens with one attached hydrogen (secondary N) is 1. The maximum Gasteiger partial charge on any atom is 0.197 e. The summed E-state index contributed by atoms with van der Waals surface area (Å²) in [5.41, 5.74) is 23.5. The summed E-state index contributed by atoms with van der Waals surface area (Å²) in [5.74, 6) is 0. The molecule has 13 rings (SSSR count). The smallest absolute Gasteiger partial charge is 0.197 e. The van der Waals surface area contributed by atoms with Crippen LogP contribution in [0.15, 0.2) is 188 Å². The van der Waals surface area contributed by atoms with E-state index in [9.17, 15) is 0 Å². The zero-order valence-corrected chi connectivity index (χ0v) is 46.4. The van der Waals surface area contributed by atoms with E-state index in [1.165, 1.54) is 99.8 Å². The Morgan fingerprint density at radius 2 is 1.04 bits per heavy atom. The third kappa shape index (κ3) is 8.16. The van der Waals surface area contributed by atoms with Gasteiger partial charge in [0.1, 0.15) is 0 Å². The van der Waals surface area contributed by atoms with Crippen molar-refractivity contribution in [3.8, 4) is 22.3 Å². The van der Waals surface area contributed by atoms with Gasteiger partial charge in [-0.15, -0.1) is 11.3 Å². The fraction of sp³-hybridized carbons (Fsp3) is 0.239. The van der Waals surface area contributed by atoms with E-state index in [0.717, 1.165) is 52.5 Å². The first-order valence-electron chi connectivity index (χ1n) is 27.5. The van der Waals surface area contributed by atoms with Crippen LogP contribution < -0.4 is 26.0 Å². The molecule has 0 saturated heterocycles. The van der Waals surface area contributed by atoms with Gasteiger partial charge in [-0.25, -0.2) is 0 Å². The Labute approximate surface area is 455 Å². The van der Waals surface area contributed by atoms with E-state index in [2.05, 4.69) is 273 Å². The highest BCUT2D eigenvalue weighted by Gasteiger charge is 2.40. The predicted molar refractivity (Wildman–Crippen MR) is 330 cm³/mol. The van der Waals surface area contributed by atoms with Crippen LogP contribution in [0, 0.1) is 6.92 Å². The van der Waals surface area contributed by atoms with Crippen molar-refractivity contribution in [2.24, 2.45) is 0 Å². The monoisotopic (exact) mass is 1000 g/mol. The number of benzene rings is 9. The lowest BCUT2D eigenvalue weighted by Gasteiger charge is -2.44. The minimum atomic E-state index is 0.0120. The van der Waals surface area contributed by atoms with E-state index >= 15 is 0 Å². The Morgan fingerprint density at radius 1 is 0.447 bits per heavy atom. The van der Waals surface area contributed by atoms with Crippen molar-refractivity contribution in [1.29, 1.82) is 0 Å². The van der Waals surface area contributed by atoms with Crippen LogP contribution in [-0.4, -0.2) is 7.28 Å². The summed E-state index contributed by atoms with van der Waals surface area (Å²) in [6, 6.07) is 70.9. The molecule has 10 aromatic rings.